The van der Waals surface area contributed by atoms with Crippen LogP contribution >= 0.6 is 11.3 Å². The fraction of sp³-hybridized carbons (Fsp3) is 0.167. The van der Waals surface area contributed by atoms with Crippen molar-refractivity contribution in [3.63, 3.8) is 0 Å². The average molecular weight is 232 g/mol. The van der Waals surface area contributed by atoms with Gasteiger partial charge < -0.3 is 4.90 Å². The van der Waals surface area contributed by atoms with Gasteiger partial charge in [-0.2, -0.15) is 0 Å². The van der Waals surface area contributed by atoms with Gasteiger partial charge in [0, 0.05) is 30.6 Å². The normalized spacial score (nSPS) is 10.1. The maximum atomic E-state index is 11.3. The Morgan fingerprint density at radius 2 is 2.25 bits per heavy atom. The second-order valence-corrected chi connectivity index (χ2v) is 4.22. The Morgan fingerprint density at radius 3 is 2.88 bits per heavy atom. The van der Waals surface area contributed by atoms with Crippen molar-refractivity contribution in [2.45, 2.75) is 6.92 Å². The van der Waals surface area contributed by atoms with Gasteiger partial charge in [-0.15, -0.1) is 11.3 Å². The molecular formula is C12H12N2OS. The lowest BCUT2D eigenvalue weighted by atomic mass is 10.1. The quantitative estimate of drug-likeness (QED) is 0.797. The standard InChI is InChI=1S/C12H12N2OS/c1-9(15)14(2)11-5-3-4-10(6-11)12-7-16-8-13-12/h3-8H,1-2H3. The lowest BCUT2D eigenvalue weighted by Crippen LogP contribution is -2.22. The van der Waals surface area contributed by atoms with Crippen LogP contribution in [0.3, 0.4) is 0 Å². The zero-order valence-corrected chi connectivity index (χ0v) is 9.99. The highest BCUT2D eigenvalue weighted by molar-refractivity contribution is 7.07. The van der Waals surface area contributed by atoms with Gasteiger partial charge in [-0.25, -0.2) is 4.98 Å². The number of rotatable bonds is 2. The highest BCUT2D eigenvalue weighted by atomic mass is 32.1. The summed E-state index contributed by atoms with van der Waals surface area (Å²) in [5.74, 6) is 0.0235. The topological polar surface area (TPSA) is 33.2 Å². The van der Waals surface area contributed by atoms with E-state index in [9.17, 15) is 4.79 Å². The first-order valence-corrected chi connectivity index (χ1v) is 5.85. The van der Waals surface area contributed by atoms with Gasteiger partial charge in [0.1, 0.15) is 0 Å². The minimum Gasteiger partial charge on any atom is -0.316 e. The maximum absolute atomic E-state index is 11.3. The molecule has 82 valence electrons. The molecule has 0 unspecified atom stereocenters. The van der Waals surface area contributed by atoms with Crippen molar-refractivity contribution in [3.8, 4) is 11.3 Å². The molecule has 4 heteroatoms. The van der Waals surface area contributed by atoms with Crippen LogP contribution < -0.4 is 4.90 Å². The molecule has 0 saturated carbocycles. The van der Waals surface area contributed by atoms with Gasteiger partial charge in [0.25, 0.3) is 0 Å². The Hall–Kier alpha value is -1.68. The van der Waals surface area contributed by atoms with E-state index in [2.05, 4.69) is 4.98 Å². The van der Waals surface area contributed by atoms with Crippen LogP contribution in [0.5, 0.6) is 0 Å². The van der Waals surface area contributed by atoms with Crippen LogP contribution in [0.15, 0.2) is 35.2 Å². The highest BCUT2D eigenvalue weighted by Crippen LogP contribution is 2.23. The fourth-order valence-corrected chi connectivity index (χ4v) is 1.97. The molecule has 1 aromatic heterocycles. The molecule has 0 N–H and O–H groups in total. The molecule has 0 spiro atoms. The molecule has 16 heavy (non-hydrogen) atoms. The van der Waals surface area contributed by atoms with Crippen LogP contribution in [0.4, 0.5) is 5.69 Å². The van der Waals surface area contributed by atoms with Crippen molar-refractivity contribution in [3.05, 3.63) is 35.2 Å². The Bertz CT molecular complexity index is 493. The fourth-order valence-electron chi connectivity index (χ4n) is 1.41. The number of aromatic nitrogens is 1. The third kappa shape index (κ3) is 2.12. The summed E-state index contributed by atoms with van der Waals surface area (Å²) in [5.41, 5.74) is 4.67. The van der Waals surface area contributed by atoms with Crippen LogP contribution in [0.1, 0.15) is 6.92 Å². The molecule has 0 bridgehead atoms. The number of amides is 1. The summed E-state index contributed by atoms with van der Waals surface area (Å²) < 4.78 is 0. The molecule has 1 heterocycles. The van der Waals surface area contributed by atoms with Crippen LogP contribution in [0, 0.1) is 0 Å². The number of benzene rings is 1. The molecule has 1 aromatic carbocycles. The van der Waals surface area contributed by atoms with Crippen LogP contribution in [0.25, 0.3) is 11.3 Å². The van der Waals surface area contributed by atoms with Crippen molar-refractivity contribution >= 4 is 22.9 Å². The molecule has 2 rings (SSSR count). The van der Waals surface area contributed by atoms with E-state index in [1.807, 2.05) is 29.6 Å². The summed E-state index contributed by atoms with van der Waals surface area (Å²) in [6.45, 7) is 1.55. The van der Waals surface area contributed by atoms with Gasteiger partial charge in [0.05, 0.1) is 11.2 Å². The van der Waals surface area contributed by atoms with E-state index in [0.29, 0.717) is 0 Å². The van der Waals surface area contributed by atoms with Crippen LogP contribution in [-0.2, 0) is 4.79 Å². The summed E-state index contributed by atoms with van der Waals surface area (Å²) >= 11 is 1.56. The lowest BCUT2D eigenvalue weighted by Gasteiger charge is -2.15. The van der Waals surface area contributed by atoms with Crippen molar-refractivity contribution < 1.29 is 4.79 Å². The Kier molecular flexibility index (Phi) is 3.01. The molecule has 0 aliphatic rings. The van der Waals surface area contributed by atoms with Gasteiger partial charge in [-0.3, -0.25) is 4.79 Å². The number of nitrogens with zero attached hydrogens (tertiary/aromatic N) is 2. The van der Waals surface area contributed by atoms with E-state index in [-0.39, 0.29) is 5.91 Å². The van der Waals surface area contributed by atoms with E-state index in [4.69, 9.17) is 0 Å². The predicted molar refractivity (Wildman–Crippen MR) is 66.6 cm³/mol. The van der Waals surface area contributed by atoms with Crippen molar-refractivity contribution in [2.24, 2.45) is 0 Å². The van der Waals surface area contributed by atoms with Crippen molar-refractivity contribution in [1.29, 1.82) is 0 Å². The second kappa shape index (κ2) is 4.45. The third-order valence-corrected chi connectivity index (χ3v) is 3.02. The Morgan fingerprint density at radius 1 is 1.44 bits per heavy atom. The molecule has 1 amide bonds. The first-order chi connectivity index (χ1) is 7.68. The largest absolute Gasteiger partial charge is 0.316 e. The van der Waals surface area contributed by atoms with Gasteiger partial charge in [-0.05, 0) is 12.1 Å². The number of carbonyl (C=O) groups is 1. The molecule has 2 aromatic rings. The van der Waals surface area contributed by atoms with Gasteiger partial charge in [0.15, 0.2) is 0 Å². The number of anilines is 1. The van der Waals surface area contributed by atoms with Gasteiger partial charge >= 0.3 is 0 Å². The maximum Gasteiger partial charge on any atom is 0.223 e. The molecule has 0 aliphatic heterocycles. The predicted octanol–water partition coefficient (Wildman–Crippen LogP) is 2.79. The minimum atomic E-state index is 0.0235. The van der Waals surface area contributed by atoms with Crippen LogP contribution in [-0.4, -0.2) is 17.9 Å². The zero-order chi connectivity index (χ0) is 11.5. The molecule has 0 atom stereocenters. The third-order valence-electron chi connectivity index (χ3n) is 2.43. The monoisotopic (exact) mass is 232 g/mol. The number of thiazole rings is 1. The minimum absolute atomic E-state index is 0.0235. The van der Waals surface area contributed by atoms with E-state index >= 15 is 0 Å². The first kappa shape index (κ1) is 10.8. The number of carbonyl (C=O) groups excluding carboxylic acids is 1. The molecule has 0 aliphatic carbocycles. The summed E-state index contributed by atoms with van der Waals surface area (Å²) in [7, 11) is 1.77. The summed E-state index contributed by atoms with van der Waals surface area (Å²) in [5, 5.41) is 1.99. The molecule has 0 fully saturated rings. The van der Waals surface area contributed by atoms with E-state index in [1.165, 1.54) is 0 Å². The van der Waals surface area contributed by atoms with Gasteiger partial charge in [0.2, 0.25) is 5.91 Å². The Balaban J connectivity index is 2.37. The number of hydrogen-bond donors (Lipinski definition) is 0. The van der Waals surface area contributed by atoms with Crippen LogP contribution in [0.2, 0.25) is 0 Å². The summed E-state index contributed by atoms with van der Waals surface area (Å²) in [6.07, 6.45) is 0. The average Bonchev–Trinajstić information content (AvgIpc) is 2.81. The molecule has 0 saturated heterocycles. The second-order valence-electron chi connectivity index (χ2n) is 3.50. The van der Waals surface area contributed by atoms with E-state index in [1.54, 1.807) is 35.7 Å². The molecule has 0 radical (unpaired) electrons. The SMILES string of the molecule is CC(=O)N(C)c1cccc(-c2cscn2)c1. The smallest absolute Gasteiger partial charge is 0.223 e. The number of hydrogen-bond acceptors (Lipinski definition) is 3. The first-order valence-electron chi connectivity index (χ1n) is 4.91. The summed E-state index contributed by atoms with van der Waals surface area (Å²) in [4.78, 5) is 17.1. The Labute approximate surface area is 98.4 Å². The zero-order valence-electron chi connectivity index (χ0n) is 9.18. The lowest BCUT2D eigenvalue weighted by molar-refractivity contribution is -0.116. The summed E-state index contributed by atoms with van der Waals surface area (Å²) in [6, 6.07) is 7.81. The molecular weight excluding hydrogens is 220 g/mol. The van der Waals surface area contributed by atoms with Crippen molar-refractivity contribution in [1.82, 2.24) is 4.98 Å². The molecule has 3 nitrogen and oxygen atoms in total. The van der Waals surface area contributed by atoms with E-state index < -0.39 is 0 Å². The highest BCUT2D eigenvalue weighted by Gasteiger charge is 2.07. The van der Waals surface area contributed by atoms with E-state index in [0.717, 1.165) is 16.9 Å². The van der Waals surface area contributed by atoms with Gasteiger partial charge in [-0.1, -0.05) is 12.1 Å². The van der Waals surface area contributed by atoms with Crippen molar-refractivity contribution in [2.75, 3.05) is 11.9 Å².